The van der Waals surface area contributed by atoms with E-state index < -0.39 is 18.5 Å². The predicted octanol–water partition coefficient (Wildman–Crippen LogP) is 4.49. The Bertz CT molecular complexity index is 1290. The number of amides is 1. The summed E-state index contributed by atoms with van der Waals surface area (Å²) >= 11 is 6.14. The number of anilines is 1. The minimum absolute atomic E-state index is 0.0790. The Morgan fingerprint density at radius 1 is 1.06 bits per heavy atom. The maximum absolute atomic E-state index is 12.5. The van der Waals surface area contributed by atoms with Crippen molar-refractivity contribution in [3.63, 3.8) is 0 Å². The summed E-state index contributed by atoms with van der Waals surface area (Å²) in [6, 6.07) is 18.4. The first-order chi connectivity index (χ1) is 14.9. The Morgan fingerprint density at radius 3 is 2.61 bits per heavy atom. The van der Waals surface area contributed by atoms with Gasteiger partial charge in [-0.25, -0.2) is 14.5 Å². The topological polar surface area (TPSA) is 86.1 Å². The van der Waals surface area contributed by atoms with Crippen LogP contribution < -0.4 is 5.32 Å². The second-order valence-electron chi connectivity index (χ2n) is 6.99. The van der Waals surface area contributed by atoms with Crippen LogP contribution in [0.15, 0.2) is 60.7 Å². The molecule has 0 fully saturated rings. The first-order valence-corrected chi connectivity index (χ1v) is 9.95. The van der Waals surface area contributed by atoms with Gasteiger partial charge in [0.25, 0.3) is 5.91 Å². The van der Waals surface area contributed by atoms with Gasteiger partial charge in [-0.15, -0.1) is 0 Å². The zero-order valence-electron chi connectivity index (χ0n) is 16.9. The number of rotatable bonds is 5. The number of carbonyl (C=O) groups is 2. The predicted molar refractivity (Wildman–Crippen MR) is 119 cm³/mol. The molecule has 0 bridgehead atoms. The second kappa shape index (κ2) is 8.57. The van der Waals surface area contributed by atoms with E-state index in [0.29, 0.717) is 11.5 Å². The van der Waals surface area contributed by atoms with Gasteiger partial charge in [0, 0.05) is 16.8 Å². The SMILES string of the molecule is Cc1cc(C)n(-c2ccc(Cl)c(C(=O)OCC(=O)Nc3cccc4ccccc34)n2)n1. The molecule has 0 aliphatic rings. The first kappa shape index (κ1) is 20.6. The fourth-order valence-corrected chi connectivity index (χ4v) is 3.46. The molecule has 1 N–H and O–H groups in total. The molecule has 1 amide bonds. The fourth-order valence-electron chi connectivity index (χ4n) is 3.27. The van der Waals surface area contributed by atoms with Gasteiger partial charge in [0.05, 0.1) is 10.7 Å². The average Bonchev–Trinajstić information content (AvgIpc) is 3.10. The average molecular weight is 435 g/mol. The number of fused-ring (bicyclic) bond motifs is 1. The van der Waals surface area contributed by atoms with Crippen LogP contribution in [0.2, 0.25) is 5.02 Å². The normalized spacial score (nSPS) is 10.8. The number of hydrogen-bond donors (Lipinski definition) is 1. The van der Waals surface area contributed by atoms with Crippen molar-refractivity contribution in [2.45, 2.75) is 13.8 Å². The van der Waals surface area contributed by atoms with Gasteiger partial charge in [-0.3, -0.25) is 4.79 Å². The lowest BCUT2D eigenvalue weighted by molar-refractivity contribution is -0.119. The van der Waals surface area contributed by atoms with Crippen LogP contribution in [-0.2, 0) is 9.53 Å². The number of aryl methyl sites for hydroxylation is 2. The molecule has 7 nitrogen and oxygen atoms in total. The van der Waals surface area contributed by atoms with Crippen LogP contribution in [-0.4, -0.2) is 33.2 Å². The number of nitrogens with one attached hydrogen (secondary N) is 1. The zero-order valence-corrected chi connectivity index (χ0v) is 17.7. The highest BCUT2D eigenvalue weighted by Crippen LogP contribution is 2.23. The van der Waals surface area contributed by atoms with Gasteiger partial charge in [-0.2, -0.15) is 5.10 Å². The van der Waals surface area contributed by atoms with Gasteiger partial charge in [0.1, 0.15) is 0 Å². The Kier molecular flexibility index (Phi) is 5.68. The summed E-state index contributed by atoms with van der Waals surface area (Å²) in [4.78, 5) is 29.2. The van der Waals surface area contributed by atoms with Crippen LogP contribution in [0.25, 0.3) is 16.6 Å². The van der Waals surface area contributed by atoms with E-state index in [1.54, 1.807) is 22.9 Å². The summed E-state index contributed by atoms with van der Waals surface area (Å²) in [6.45, 7) is 3.28. The summed E-state index contributed by atoms with van der Waals surface area (Å²) < 4.78 is 6.76. The minimum Gasteiger partial charge on any atom is -0.451 e. The van der Waals surface area contributed by atoms with Crippen molar-refractivity contribution >= 4 is 39.9 Å². The van der Waals surface area contributed by atoms with E-state index in [0.717, 1.165) is 22.2 Å². The Balaban J connectivity index is 1.46. The van der Waals surface area contributed by atoms with Crippen molar-refractivity contribution in [2.24, 2.45) is 0 Å². The van der Waals surface area contributed by atoms with E-state index >= 15 is 0 Å². The van der Waals surface area contributed by atoms with Crippen LogP contribution in [0, 0.1) is 13.8 Å². The Labute approximate surface area is 183 Å². The number of carbonyl (C=O) groups excluding carboxylic acids is 2. The lowest BCUT2D eigenvalue weighted by Crippen LogP contribution is -2.22. The molecular weight excluding hydrogens is 416 g/mol. The van der Waals surface area contributed by atoms with E-state index in [2.05, 4.69) is 15.4 Å². The van der Waals surface area contributed by atoms with Crippen molar-refractivity contribution < 1.29 is 14.3 Å². The van der Waals surface area contributed by atoms with E-state index in [9.17, 15) is 9.59 Å². The van der Waals surface area contributed by atoms with E-state index in [1.165, 1.54) is 0 Å². The zero-order chi connectivity index (χ0) is 22.0. The van der Waals surface area contributed by atoms with Gasteiger partial charge in [-0.05, 0) is 43.5 Å². The molecule has 156 valence electrons. The minimum atomic E-state index is -0.790. The lowest BCUT2D eigenvalue weighted by Gasteiger charge is -2.10. The smallest absolute Gasteiger partial charge is 0.359 e. The molecular formula is C23H19ClN4O3. The van der Waals surface area contributed by atoms with Crippen LogP contribution in [0.5, 0.6) is 0 Å². The van der Waals surface area contributed by atoms with E-state index in [4.69, 9.17) is 16.3 Å². The van der Waals surface area contributed by atoms with Gasteiger partial charge < -0.3 is 10.1 Å². The highest BCUT2D eigenvalue weighted by molar-refractivity contribution is 6.33. The van der Waals surface area contributed by atoms with E-state index in [1.807, 2.05) is 56.3 Å². The second-order valence-corrected chi connectivity index (χ2v) is 7.40. The third-order valence-electron chi connectivity index (χ3n) is 4.65. The standard InChI is InChI=1S/C23H19ClN4O3/c1-14-12-15(2)28(27-14)20-11-10-18(24)22(26-20)23(30)31-13-21(29)25-19-9-5-7-16-6-3-4-8-17(16)19/h3-12H,13H2,1-2H3,(H,25,29). The van der Waals surface area contributed by atoms with Crippen LogP contribution in [0.1, 0.15) is 21.9 Å². The van der Waals surface area contributed by atoms with E-state index in [-0.39, 0.29) is 10.7 Å². The van der Waals surface area contributed by atoms with Crippen LogP contribution >= 0.6 is 11.6 Å². The number of benzene rings is 2. The number of esters is 1. The molecule has 31 heavy (non-hydrogen) atoms. The third-order valence-corrected chi connectivity index (χ3v) is 4.95. The quantitative estimate of drug-likeness (QED) is 0.468. The number of nitrogens with zero attached hydrogens (tertiary/aromatic N) is 3. The van der Waals surface area contributed by atoms with Crippen LogP contribution in [0.3, 0.4) is 0 Å². The first-order valence-electron chi connectivity index (χ1n) is 9.57. The largest absolute Gasteiger partial charge is 0.451 e. The molecule has 2 aromatic carbocycles. The highest BCUT2D eigenvalue weighted by Gasteiger charge is 2.18. The molecule has 0 spiro atoms. The van der Waals surface area contributed by atoms with Crippen molar-refractivity contribution in [3.05, 3.63) is 82.8 Å². The van der Waals surface area contributed by atoms with Crippen molar-refractivity contribution in [1.82, 2.24) is 14.8 Å². The molecule has 2 heterocycles. The molecule has 4 rings (SSSR count). The van der Waals surface area contributed by atoms with Crippen molar-refractivity contribution in [3.8, 4) is 5.82 Å². The number of pyridine rings is 1. The van der Waals surface area contributed by atoms with Crippen LogP contribution in [0.4, 0.5) is 5.69 Å². The molecule has 0 saturated carbocycles. The molecule has 0 radical (unpaired) electrons. The summed E-state index contributed by atoms with van der Waals surface area (Å²) in [7, 11) is 0. The lowest BCUT2D eigenvalue weighted by atomic mass is 10.1. The molecule has 0 atom stereocenters. The summed E-state index contributed by atoms with van der Waals surface area (Å²) in [5, 5.41) is 9.14. The number of ether oxygens (including phenoxy) is 1. The monoisotopic (exact) mass is 434 g/mol. The molecule has 8 heteroatoms. The van der Waals surface area contributed by atoms with Crippen molar-refractivity contribution in [2.75, 3.05) is 11.9 Å². The fraction of sp³-hybridized carbons (Fsp3) is 0.130. The number of hydrogen-bond acceptors (Lipinski definition) is 5. The molecule has 0 saturated heterocycles. The Hall–Kier alpha value is -3.71. The molecule has 0 aliphatic carbocycles. The molecule has 0 aliphatic heterocycles. The number of aromatic nitrogens is 3. The van der Waals surface area contributed by atoms with Gasteiger partial charge in [0.15, 0.2) is 18.1 Å². The summed E-state index contributed by atoms with van der Waals surface area (Å²) in [5.74, 6) is -0.820. The van der Waals surface area contributed by atoms with Gasteiger partial charge in [0.2, 0.25) is 0 Å². The number of halogens is 1. The Morgan fingerprint density at radius 2 is 1.84 bits per heavy atom. The summed E-state index contributed by atoms with van der Waals surface area (Å²) in [5.41, 5.74) is 2.25. The van der Waals surface area contributed by atoms with Crippen molar-refractivity contribution in [1.29, 1.82) is 0 Å². The summed E-state index contributed by atoms with van der Waals surface area (Å²) in [6.07, 6.45) is 0. The maximum Gasteiger partial charge on any atom is 0.359 e. The molecule has 2 aromatic heterocycles. The highest BCUT2D eigenvalue weighted by atomic mass is 35.5. The third kappa shape index (κ3) is 4.41. The molecule has 0 unspecified atom stereocenters. The molecule has 4 aromatic rings. The van der Waals surface area contributed by atoms with Gasteiger partial charge >= 0.3 is 5.97 Å². The van der Waals surface area contributed by atoms with Gasteiger partial charge in [-0.1, -0.05) is 48.0 Å². The maximum atomic E-state index is 12.5.